The van der Waals surface area contributed by atoms with Crippen LogP contribution in [0.25, 0.3) is 0 Å². The van der Waals surface area contributed by atoms with Gasteiger partial charge in [0.15, 0.2) is 6.10 Å². The molecule has 3 atom stereocenters. The molecule has 180 valence electrons. The van der Waals surface area contributed by atoms with Gasteiger partial charge in [0.05, 0.1) is 24.4 Å². The summed E-state index contributed by atoms with van der Waals surface area (Å²) in [5.41, 5.74) is 3.52. The lowest BCUT2D eigenvalue weighted by Gasteiger charge is -2.28. The minimum atomic E-state index is -1.03. The molecule has 9 heteroatoms. The maximum atomic E-state index is 13.9. The van der Waals surface area contributed by atoms with E-state index in [0.717, 1.165) is 20.9 Å². The second-order valence-electron chi connectivity index (χ2n) is 8.68. The Morgan fingerprint density at radius 1 is 1.00 bits per heavy atom. The molecule has 2 amide bonds. The third kappa shape index (κ3) is 3.73. The first-order valence-electron chi connectivity index (χ1n) is 11.1. The van der Waals surface area contributed by atoms with Crippen LogP contribution in [0.2, 0.25) is 5.02 Å². The lowest BCUT2D eigenvalue weighted by atomic mass is 9.90. The van der Waals surface area contributed by atoms with Gasteiger partial charge in [-0.25, -0.2) is 14.8 Å². The third-order valence-electron chi connectivity index (χ3n) is 6.57. The first kappa shape index (κ1) is 23.5. The number of imide groups is 1. The van der Waals surface area contributed by atoms with E-state index in [0.29, 0.717) is 16.3 Å². The van der Waals surface area contributed by atoms with E-state index in [4.69, 9.17) is 21.2 Å². The number of amides is 2. The molecule has 0 spiro atoms. The normalized spacial score (nSPS) is 21.6. The highest BCUT2D eigenvalue weighted by Gasteiger charge is 2.61. The van der Waals surface area contributed by atoms with Crippen LogP contribution in [0.1, 0.15) is 38.0 Å². The van der Waals surface area contributed by atoms with E-state index in [1.54, 1.807) is 36.3 Å². The number of halogens is 1. The van der Waals surface area contributed by atoms with Crippen LogP contribution in [0.3, 0.4) is 0 Å². The predicted molar refractivity (Wildman–Crippen MR) is 134 cm³/mol. The fraction of sp³-hybridized carbons (Fsp3) is 0.269. The molecule has 0 N–H and O–H groups in total. The summed E-state index contributed by atoms with van der Waals surface area (Å²) in [6, 6.07) is 14.3. The van der Waals surface area contributed by atoms with Crippen molar-refractivity contribution in [3.63, 3.8) is 0 Å². The van der Waals surface area contributed by atoms with Gasteiger partial charge >= 0.3 is 5.97 Å². The molecule has 3 heterocycles. The molecule has 35 heavy (non-hydrogen) atoms. The Morgan fingerprint density at radius 3 is 2.29 bits per heavy atom. The number of hydroxylamine groups is 1. The lowest BCUT2D eigenvalue weighted by Crippen LogP contribution is -2.37. The summed E-state index contributed by atoms with van der Waals surface area (Å²) in [5.74, 6) is -2.29. The van der Waals surface area contributed by atoms with Crippen molar-refractivity contribution in [3.8, 4) is 0 Å². The maximum Gasteiger partial charge on any atom is 0.341 e. The molecular weight excluding hydrogens is 488 g/mol. The molecule has 3 aromatic rings. The zero-order valence-electron chi connectivity index (χ0n) is 19.6. The van der Waals surface area contributed by atoms with Gasteiger partial charge < -0.3 is 4.74 Å². The minimum absolute atomic E-state index is 0.234. The monoisotopic (exact) mass is 510 g/mol. The summed E-state index contributed by atoms with van der Waals surface area (Å²) in [7, 11) is 1.28. The third-order valence-corrected chi connectivity index (χ3v) is 8.02. The topological polar surface area (TPSA) is 76.2 Å². The quantitative estimate of drug-likeness (QED) is 0.356. The Balaban J connectivity index is 1.60. The Morgan fingerprint density at radius 2 is 1.66 bits per heavy atom. The average Bonchev–Trinajstić information content (AvgIpc) is 3.45. The number of carbonyl (C=O) groups is 3. The zero-order valence-corrected chi connectivity index (χ0v) is 21.1. The van der Waals surface area contributed by atoms with Gasteiger partial charge in [0.25, 0.3) is 5.91 Å². The summed E-state index contributed by atoms with van der Waals surface area (Å²) < 4.78 is 4.95. The number of carbonyl (C=O) groups excluding carboxylic acids is 3. The van der Waals surface area contributed by atoms with E-state index < -0.39 is 35.8 Å². The molecule has 0 aliphatic carbocycles. The van der Waals surface area contributed by atoms with Crippen molar-refractivity contribution in [2.45, 2.75) is 32.9 Å². The molecule has 0 unspecified atom stereocenters. The fourth-order valence-electron chi connectivity index (χ4n) is 4.64. The van der Waals surface area contributed by atoms with E-state index in [-0.39, 0.29) is 10.6 Å². The van der Waals surface area contributed by atoms with Gasteiger partial charge in [-0.3, -0.25) is 14.4 Å². The van der Waals surface area contributed by atoms with Crippen LogP contribution in [-0.4, -0.2) is 31.0 Å². The smallest absolute Gasteiger partial charge is 0.341 e. The van der Waals surface area contributed by atoms with Gasteiger partial charge in [-0.1, -0.05) is 41.4 Å². The second kappa shape index (κ2) is 8.78. The van der Waals surface area contributed by atoms with Crippen LogP contribution in [0.5, 0.6) is 0 Å². The van der Waals surface area contributed by atoms with Crippen LogP contribution in [0.15, 0.2) is 48.5 Å². The summed E-state index contributed by atoms with van der Waals surface area (Å²) in [5, 5.41) is 2.47. The molecule has 1 aromatic heterocycles. The van der Waals surface area contributed by atoms with Gasteiger partial charge in [-0.15, -0.1) is 11.3 Å². The van der Waals surface area contributed by atoms with Gasteiger partial charge in [0.2, 0.25) is 5.91 Å². The summed E-state index contributed by atoms with van der Waals surface area (Å²) in [4.78, 5) is 48.2. The highest BCUT2D eigenvalue weighted by Crippen LogP contribution is 2.49. The average molecular weight is 511 g/mol. The van der Waals surface area contributed by atoms with Gasteiger partial charge in [-0.2, -0.15) is 0 Å². The molecule has 2 aliphatic rings. The fourth-order valence-corrected chi connectivity index (χ4v) is 5.92. The number of ether oxygens (including phenoxy) is 1. The van der Waals surface area contributed by atoms with Crippen LogP contribution >= 0.6 is 22.9 Å². The number of aryl methyl sites for hydroxylation is 2. The van der Waals surface area contributed by atoms with E-state index in [9.17, 15) is 14.4 Å². The van der Waals surface area contributed by atoms with E-state index in [2.05, 4.69) is 0 Å². The molecule has 2 aliphatic heterocycles. The van der Waals surface area contributed by atoms with Crippen molar-refractivity contribution in [1.82, 2.24) is 0 Å². The molecule has 2 fully saturated rings. The Labute approximate surface area is 211 Å². The molecule has 5 rings (SSSR count). The zero-order chi connectivity index (χ0) is 25.0. The van der Waals surface area contributed by atoms with Crippen molar-refractivity contribution in [3.05, 3.63) is 80.7 Å². The van der Waals surface area contributed by atoms with Gasteiger partial charge in [-0.05, 0) is 56.2 Å². The first-order chi connectivity index (χ1) is 16.7. The highest BCUT2D eigenvalue weighted by atomic mass is 35.5. The number of hydrogen-bond donors (Lipinski definition) is 0. The van der Waals surface area contributed by atoms with Crippen molar-refractivity contribution in [1.29, 1.82) is 0 Å². The predicted octanol–water partition coefficient (Wildman–Crippen LogP) is 5.16. The number of rotatable bonds is 4. The number of nitrogens with zero attached hydrogens (tertiary/aromatic N) is 2. The molecule has 0 bridgehead atoms. The Kier molecular flexibility index (Phi) is 5.91. The molecule has 0 saturated carbocycles. The number of hydrogen-bond acceptors (Lipinski definition) is 7. The van der Waals surface area contributed by atoms with Gasteiger partial charge in [0.1, 0.15) is 10.9 Å². The standard InChI is InChI=1S/C26H23ClN2O5S/c1-13-5-7-16(8-6-13)21-20-22(34-29(21)18-11-9-17(27)10-12-18)24(31)28(23(20)30)25-19(26(32)33-4)14(2)15(3)35-25/h5-12,20-22H,1-4H3/t20-,21+,22+/m1/s1. The van der Waals surface area contributed by atoms with Crippen molar-refractivity contribution in [2.24, 2.45) is 5.92 Å². The Bertz CT molecular complexity index is 1340. The SMILES string of the molecule is COC(=O)c1c(N2C(=O)[C@H]3[C@H](ON(c4ccc(Cl)cc4)[C@H]3c3ccc(C)cc3)C2=O)sc(C)c1C. The minimum Gasteiger partial charge on any atom is -0.465 e. The Hall–Kier alpha value is -3.20. The second-order valence-corrected chi connectivity index (χ2v) is 10.3. The summed E-state index contributed by atoms with van der Waals surface area (Å²) >= 11 is 7.30. The van der Waals surface area contributed by atoms with E-state index in [1.807, 2.05) is 38.1 Å². The van der Waals surface area contributed by atoms with Crippen LogP contribution in [-0.2, 0) is 19.2 Å². The number of methoxy groups -OCH3 is 1. The highest BCUT2D eigenvalue weighted by molar-refractivity contribution is 7.17. The summed E-state index contributed by atoms with van der Waals surface area (Å²) in [6.45, 7) is 5.60. The maximum absolute atomic E-state index is 13.9. The number of esters is 1. The summed E-state index contributed by atoms with van der Waals surface area (Å²) in [6.07, 6.45) is -1.03. The van der Waals surface area contributed by atoms with Crippen molar-refractivity contribution >= 4 is 51.4 Å². The van der Waals surface area contributed by atoms with Crippen molar-refractivity contribution in [2.75, 3.05) is 17.1 Å². The molecule has 7 nitrogen and oxygen atoms in total. The first-order valence-corrected chi connectivity index (χ1v) is 12.3. The number of benzene rings is 2. The molecule has 2 saturated heterocycles. The van der Waals surface area contributed by atoms with E-state index in [1.165, 1.54) is 18.4 Å². The molecule has 0 radical (unpaired) electrons. The number of fused-ring (bicyclic) bond motifs is 1. The van der Waals surface area contributed by atoms with Crippen LogP contribution in [0.4, 0.5) is 10.7 Å². The van der Waals surface area contributed by atoms with Gasteiger partial charge in [0, 0.05) is 9.90 Å². The molecular formula is C26H23ClN2O5S. The van der Waals surface area contributed by atoms with Crippen molar-refractivity contribution < 1.29 is 24.0 Å². The van der Waals surface area contributed by atoms with Crippen LogP contribution in [0, 0.1) is 26.7 Å². The number of thiophene rings is 1. The van der Waals surface area contributed by atoms with Crippen LogP contribution < -0.4 is 9.96 Å². The lowest BCUT2D eigenvalue weighted by molar-refractivity contribution is -0.126. The largest absolute Gasteiger partial charge is 0.465 e. The number of anilines is 2. The van der Waals surface area contributed by atoms with E-state index >= 15 is 0 Å². The molecule has 2 aromatic carbocycles.